The highest BCUT2D eigenvalue weighted by Gasteiger charge is 2.48. The van der Waals surface area contributed by atoms with Gasteiger partial charge in [0.25, 0.3) is 5.91 Å². The fourth-order valence-corrected chi connectivity index (χ4v) is 3.50. The lowest BCUT2D eigenvalue weighted by molar-refractivity contribution is -0.262. The van der Waals surface area contributed by atoms with E-state index in [1.165, 1.54) is 0 Å². The minimum Gasteiger partial charge on any atom is -0.465 e. The summed E-state index contributed by atoms with van der Waals surface area (Å²) in [5, 5.41) is 26.1. The van der Waals surface area contributed by atoms with Gasteiger partial charge in [0.1, 0.15) is 31.4 Å². The number of hydrogen-bond acceptors (Lipinski definition) is 9. The molecule has 4 N–H and O–H groups in total. The molecule has 0 bridgehead atoms. The number of hydrogen-bond donors (Lipinski definition) is 4. The van der Waals surface area contributed by atoms with Crippen LogP contribution in [0.1, 0.15) is 18.1 Å². The van der Waals surface area contributed by atoms with Gasteiger partial charge < -0.3 is 39.8 Å². The fraction of sp³-hybridized carbons (Fsp3) is 0.400. The molecular formula is C25H30N2O9. The molecule has 36 heavy (non-hydrogen) atoms. The molecule has 0 aliphatic carbocycles. The minimum absolute atomic E-state index is 0.0205. The predicted molar refractivity (Wildman–Crippen MR) is 125 cm³/mol. The van der Waals surface area contributed by atoms with E-state index >= 15 is 0 Å². The number of carbonyl (C=O) groups excluding carboxylic acids is 3. The normalized spacial score (nSPS) is 23.4. The monoisotopic (exact) mass is 502 g/mol. The average Bonchev–Trinajstić information content (AvgIpc) is 2.89. The summed E-state index contributed by atoms with van der Waals surface area (Å²) in [6.07, 6.45) is -7.16. The molecule has 3 rings (SSSR count). The Bertz CT molecular complexity index is 990. The number of alkyl carbamates (subject to hydrolysis) is 1. The molecule has 2 aromatic carbocycles. The quantitative estimate of drug-likeness (QED) is 0.343. The molecule has 0 spiro atoms. The highest BCUT2D eigenvalue weighted by atomic mass is 16.7. The molecule has 5 atom stereocenters. The van der Waals surface area contributed by atoms with Crippen LogP contribution in [-0.4, -0.2) is 72.0 Å². The van der Waals surface area contributed by atoms with Gasteiger partial charge in [-0.1, -0.05) is 60.7 Å². The van der Waals surface area contributed by atoms with Crippen molar-refractivity contribution in [2.75, 3.05) is 13.2 Å². The SMILES string of the molecule is CCOC(=O)CNC(=O)[C@H]1O[C@H](OCc2ccccc2)[C@H](NC(=O)OCc2ccccc2)[C@@H](O)[C@H]1O. The van der Waals surface area contributed by atoms with Gasteiger partial charge in [0.2, 0.25) is 0 Å². The van der Waals surface area contributed by atoms with Gasteiger partial charge in [-0.2, -0.15) is 0 Å². The first kappa shape index (κ1) is 27.1. The first-order chi connectivity index (χ1) is 17.4. The summed E-state index contributed by atoms with van der Waals surface area (Å²) in [7, 11) is 0. The molecule has 0 radical (unpaired) electrons. The van der Waals surface area contributed by atoms with Crippen molar-refractivity contribution in [2.24, 2.45) is 0 Å². The van der Waals surface area contributed by atoms with Crippen LogP contribution in [0.15, 0.2) is 60.7 Å². The Balaban J connectivity index is 1.68. The van der Waals surface area contributed by atoms with Crippen LogP contribution in [0.25, 0.3) is 0 Å². The van der Waals surface area contributed by atoms with E-state index in [1.807, 2.05) is 12.1 Å². The van der Waals surface area contributed by atoms with Crippen LogP contribution in [0.5, 0.6) is 0 Å². The van der Waals surface area contributed by atoms with Crippen molar-refractivity contribution in [3.63, 3.8) is 0 Å². The van der Waals surface area contributed by atoms with Crippen molar-refractivity contribution >= 4 is 18.0 Å². The molecule has 194 valence electrons. The van der Waals surface area contributed by atoms with E-state index in [0.717, 1.165) is 11.1 Å². The maximum Gasteiger partial charge on any atom is 0.407 e. The van der Waals surface area contributed by atoms with E-state index in [1.54, 1.807) is 55.5 Å². The Kier molecular flexibility index (Phi) is 10.2. The number of benzene rings is 2. The molecule has 1 aliphatic rings. The molecule has 0 aromatic heterocycles. The van der Waals surface area contributed by atoms with Gasteiger partial charge in [0, 0.05) is 0 Å². The average molecular weight is 503 g/mol. The van der Waals surface area contributed by atoms with Crippen molar-refractivity contribution in [3.05, 3.63) is 71.8 Å². The minimum atomic E-state index is -1.73. The van der Waals surface area contributed by atoms with Gasteiger partial charge in [-0.25, -0.2) is 4.79 Å². The summed E-state index contributed by atoms with van der Waals surface area (Å²) in [6, 6.07) is 16.8. The zero-order valence-electron chi connectivity index (χ0n) is 19.7. The van der Waals surface area contributed by atoms with E-state index in [4.69, 9.17) is 18.9 Å². The Morgan fingerprint density at radius 2 is 1.50 bits per heavy atom. The number of ether oxygens (including phenoxy) is 4. The molecular weight excluding hydrogens is 472 g/mol. The van der Waals surface area contributed by atoms with Crippen molar-refractivity contribution in [1.29, 1.82) is 0 Å². The second-order valence-electron chi connectivity index (χ2n) is 7.96. The number of aliphatic hydroxyl groups is 2. The summed E-state index contributed by atoms with van der Waals surface area (Å²) >= 11 is 0. The van der Waals surface area contributed by atoms with E-state index < -0.39 is 55.2 Å². The van der Waals surface area contributed by atoms with E-state index in [2.05, 4.69) is 10.6 Å². The van der Waals surface area contributed by atoms with Crippen molar-refractivity contribution in [1.82, 2.24) is 10.6 Å². The Labute approximate surface area is 208 Å². The van der Waals surface area contributed by atoms with E-state index in [-0.39, 0.29) is 19.8 Å². The van der Waals surface area contributed by atoms with Crippen molar-refractivity contribution in [2.45, 2.75) is 50.8 Å². The number of rotatable bonds is 10. The summed E-state index contributed by atoms with van der Waals surface area (Å²) in [5.41, 5.74) is 1.53. The number of amides is 2. The molecule has 1 heterocycles. The Morgan fingerprint density at radius 3 is 2.11 bits per heavy atom. The van der Waals surface area contributed by atoms with Crippen LogP contribution in [0.3, 0.4) is 0 Å². The molecule has 11 nitrogen and oxygen atoms in total. The third-order valence-electron chi connectivity index (χ3n) is 5.33. The highest BCUT2D eigenvalue weighted by Crippen LogP contribution is 2.24. The number of aliphatic hydroxyl groups excluding tert-OH is 2. The van der Waals surface area contributed by atoms with Crippen molar-refractivity contribution in [3.8, 4) is 0 Å². The third kappa shape index (κ3) is 7.75. The Morgan fingerprint density at radius 1 is 0.889 bits per heavy atom. The van der Waals surface area contributed by atoms with Gasteiger partial charge in [-0.05, 0) is 18.1 Å². The molecule has 1 aliphatic heterocycles. The van der Waals surface area contributed by atoms with Gasteiger partial charge >= 0.3 is 12.1 Å². The van der Waals surface area contributed by atoms with Crippen LogP contribution in [-0.2, 0) is 41.8 Å². The fourth-order valence-electron chi connectivity index (χ4n) is 3.50. The smallest absolute Gasteiger partial charge is 0.407 e. The topological polar surface area (TPSA) is 153 Å². The van der Waals surface area contributed by atoms with Gasteiger partial charge in [0.15, 0.2) is 12.4 Å². The first-order valence-corrected chi connectivity index (χ1v) is 11.5. The van der Waals surface area contributed by atoms with Crippen LogP contribution >= 0.6 is 0 Å². The number of nitrogens with one attached hydrogen (secondary N) is 2. The number of esters is 1. The summed E-state index contributed by atoms with van der Waals surface area (Å²) in [4.78, 5) is 36.6. The van der Waals surface area contributed by atoms with Gasteiger partial charge in [-0.3, -0.25) is 9.59 Å². The van der Waals surface area contributed by atoms with Gasteiger partial charge in [0.05, 0.1) is 13.2 Å². The van der Waals surface area contributed by atoms with Crippen molar-refractivity contribution < 1.29 is 43.5 Å². The van der Waals surface area contributed by atoms with E-state index in [0.29, 0.717) is 0 Å². The van der Waals surface area contributed by atoms with Gasteiger partial charge in [-0.15, -0.1) is 0 Å². The number of carbonyl (C=O) groups is 3. The predicted octanol–water partition coefficient (Wildman–Crippen LogP) is 0.624. The molecule has 1 fully saturated rings. The molecule has 2 aromatic rings. The molecule has 1 saturated heterocycles. The highest BCUT2D eigenvalue weighted by molar-refractivity contribution is 5.85. The molecule has 11 heteroatoms. The molecule has 0 saturated carbocycles. The van der Waals surface area contributed by atoms with Crippen LogP contribution in [0.2, 0.25) is 0 Å². The Hall–Kier alpha value is -3.51. The lowest BCUT2D eigenvalue weighted by Gasteiger charge is -2.41. The second-order valence-corrected chi connectivity index (χ2v) is 7.96. The largest absolute Gasteiger partial charge is 0.465 e. The summed E-state index contributed by atoms with van der Waals surface area (Å²) < 4.78 is 21.4. The molecule has 0 unspecified atom stereocenters. The summed E-state index contributed by atoms with van der Waals surface area (Å²) in [6.45, 7) is 1.32. The standard InChI is InChI=1S/C25H30N2O9/c1-2-33-18(28)13-26-23(31)22-21(30)20(29)19(24(36-22)34-14-16-9-5-3-6-10-16)27-25(32)35-15-17-11-7-4-8-12-17/h3-12,19-22,24,29-30H,2,13-15H2,1H3,(H,26,31)(H,27,32)/t19-,20-,21-,22+,24+/m1/s1. The maximum absolute atomic E-state index is 12.6. The first-order valence-electron chi connectivity index (χ1n) is 11.5. The lowest BCUT2D eigenvalue weighted by atomic mass is 9.96. The van der Waals surface area contributed by atoms with Crippen LogP contribution < -0.4 is 10.6 Å². The zero-order valence-corrected chi connectivity index (χ0v) is 19.7. The summed E-state index contributed by atoms with van der Waals surface area (Å²) in [5.74, 6) is -1.53. The lowest BCUT2D eigenvalue weighted by Crippen LogP contribution is -2.66. The van der Waals surface area contributed by atoms with Crippen LogP contribution in [0.4, 0.5) is 4.79 Å². The maximum atomic E-state index is 12.6. The van der Waals surface area contributed by atoms with E-state index in [9.17, 15) is 24.6 Å². The zero-order chi connectivity index (χ0) is 25.9. The van der Waals surface area contributed by atoms with Crippen LogP contribution in [0, 0.1) is 0 Å². The third-order valence-corrected chi connectivity index (χ3v) is 5.33. The second kappa shape index (κ2) is 13.5. The molecule has 2 amide bonds.